The number of benzene rings is 1. The summed E-state index contributed by atoms with van der Waals surface area (Å²) < 4.78 is 5.36. The third-order valence-electron chi connectivity index (χ3n) is 2.96. The molecule has 0 radical (unpaired) electrons. The lowest BCUT2D eigenvalue weighted by Crippen LogP contribution is -1.96. The quantitative estimate of drug-likeness (QED) is 0.702. The number of para-hydroxylation sites is 1. The SMILES string of the molecule is COc1nc2ccccc2cc1-c1ccc(C)nn1. The molecule has 0 aliphatic heterocycles. The Hall–Kier alpha value is -2.49. The van der Waals surface area contributed by atoms with E-state index in [9.17, 15) is 0 Å². The first-order chi connectivity index (χ1) is 9.28. The van der Waals surface area contributed by atoms with E-state index in [1.165, 1.54) is 0 Å². The predicted molar refractivity (Wildman–Crippen MR) is 74.1 cm³/mol. The van der Waals surface area contributed by atoms with E-state index in [1.807, 2.05) is 49.4 Å². The lowest BCUT2D eigenvalue weighted by molar-refractivity contribution is 0.401. The molecule has 19 heavy (non-hydrogen) atoms. The molecule has 0 saturated heterocycles. The fourth-order valence-corrected chi connectivity index (χ4v) is 1.98. The molecule has 3 rings (SSSR count). The zero-order chi connectivity index (χ0) is 13.2. The number of pyridine rings is 1. The van der Waals surface area contributed by atoms with Crippen molar-refractivity contribution in [3.63, 3.8) is 0 Å². The second-order valence-electron chi connectivity index (χ2n) is 4.30. The third-order valence-corrected chi connectivity index (χ3v) is 2.96. The largest absolute Gasteiger partial charge is 0.480 e. The van der Waals surface area contributed by atoms with E-state index in [0.29, 0.717) is 5.88 Å². The smallest absolute Gasteiger partial charge is 0.223 e. The van der Waals surface area contributed by atoms with Crippen LogP contribution in [0.4, 0.5) is 0 Å². The fraction of sp³-hybridized carbons (Fsp3) is 0.133. The molecule has 0 fully saturated rings. The molecule has 1 aromatic carbocycles. The number of aryl methyl sites for hydroxylation is 1. The average molecular weight is 251 g/mol. The maximum absolute atomic E-state index is 5.36. The molecule has 0 bridgehead atoms. The minimum Gasteiger partial charge on any atom is -0.480 e. The van der Waals surface area contributed by atoms with E-state index >= 15 is 0 Å². The van der Waals surface area contributed by atoms with Gasteiger partial charge in [0.25, 0.3) is 0 Å². The second kappa shape index (κ2) is 4.65. The van der Waals surface area contributed by atoms with Gasteiger partial charge in [-0.05, 0) is 31.2 Å². The van der Waals surface area contributed by atoms with Crippen molar-refractivity contribution in [3.8, 4) is 17.1 Å². The zero-order valence-electron chi connectivity index (χ0n) is 10.8. The monoisotopic (exact) mass is 251 g/mol. The highest BCUT2D eigenvalue weighted by Gasteiger charge is 2.11. The second-order valence-corrected chi connectivity index (χ2v) is 4.30. The van der Waals surface area contributed by atoms with E-state index in [4.69, 9.17) is 4.74 Å². The van der Waals surface area contributed by atoms with Crippen LogP contribution in [0.5, 0.6) is 5.88 Å². The number of hydrogen-bond acceptors (Lipinski definition) is 4. The van der Waals surface area contributed by atoms with Crippen LogP contribution < -0.4 is 4.74 Å². The summed E-state index contributed by atoms with van der Waals surface area (Å²) in [5.41, 5.74) is 3.41. The number of rotatable bonds is 2. The molecule has 0 saturated carbocycles. The number of aromatic nitrogens is 3. The third kappa shape index (κ3) is 2.12. The van der Waals surface area contributed by atoms with Crippen LogP contribution in [0.3, 0.4) is 0 Å². The molecule has 3 aromatic rings. The van der Waals surface area contributed by atoms with Crippen molar-refractivity contribution in [2.45, 2.75) is 6.92 Å². The minimum atomic E-state index is 0.567. The summed E-state index contributed by atoms with van der Waals surface area (Å²) >= 11 is 0. The van der Waals surface area contributed by atoms with Gasteiger partial charge in [-0.2, -0.15) is 10.2 Å². The van der Waals surface area contributed by atoms with Gasteiger partial charge in [0.15, 0.2) is 0 Å². The summed E-state index contributed by atoms with van der Waals surface area (Å²) in [5.74, 6) is 0.567. The summed E-state index contributed by atoms with van der Waals surface area (Å²) in [6, 6.07) is 13.8. The predicted octanol–water partition coefficient (Wildman–Crippen LogP) is 3.01. The van der Waals surface area contributed by atoms with Crippen LogP contribution in [0.15, 0.2) is 42.5 Å². The lowest BCUT2D eigenvalue weighted by Gasteiger charge is -2.08. The van der Waals surface area contributed by atoms with Crippen molar-refractivity contribution in [2.24, 2.45) is 0 Å². The molecule has 2 heterocycles. The Kier molecular flexibility index (Phi) is 2.83. The number of methoxy groups -OCH3 is 1. The maximum Gasteiger partial charge on any atom is 0.223 e. The van der Waals surface area contributed by atoms with E-state index in [2.05, 4.69) is 15.2 Å². The molecule has 2 aromatic heterocycles. The number of fused-ring (bicyclic) bond motifs is 1. The summed E-state index contributed by atoms with van der Waals surface area (Å²) in [6.45, 7) is 1.91. The van der Waals surface area contributed by atoms with Gasteiger partial charge in [-0.1, -0.05) is 18.2 Å². The molecule has 0 amide bonds. The van der Waals surface area contributed by atoms with Crippen molar-refractivity contribution in [3.05, 3.63) is 48.2 Å². The summed E-state index contributed by atoms with van der Waals surface area (Å²) in [6.07, 6.45) is 0. The van der Waals surface area contributed by atoms with Crippen molar-refractivity contribution in [1.82, 2.24) is 15.2 Å². The summed E-state index contributed by atoms with van der Waals surface area (Å²) in [5, 5.41) is 9.33. The van der Waals surface area contributed by atoms with E-state index in [1.54, 1.807) is 7.11 Å². The Morgan fingerprint density at radius 3 is 2.58 bits per heavy atom. The first-order valence-electron chi connectivity index (χ1n) is 6.02. The van der Waals surface area contributed by atoms with Crippen molar-refractivity contribution >= 4 is 10.9 Å². The van der Waals surface area contributed by atoms with Crippen LogP contribution in [0.1, 0.15) is 5.69 Å². The number of nitrogens with zero attached hydrogens (tertiary/aromatic N) is 3. The first-order valence-corrected chi connectivity index (χ1v) is 6.02. The van der Waals surface area contributed by atoms with E-state index in [-0.39, 0.29) is 0 Å². The molecule has 4 heteroatoms. The van der Waals surface area contributed by atoms with Crippen LogP contribution in [-0.2, 0) is 0 Å². The van der Waals surface area contributed by atoms with Gasteiger partial charge in [-0.3, -0.25) is 0 Å². The minimum absolute atomic E-state index is 0.567. The first kappa shape index (κ1) is 11.6. The van der Waals surface area contributed by atoms with E-state index in [0.717, 1.165) is 27.9 Å². The summed E-state index contributed by atoms with van der Waals surface area (Å²) in [4.78, 5) is 4.50. The fourth-order valence-electron chi connectivity index (χ4n) is 1.98. The van der Waals surface area contributed by atoms with Gasteiger partial charge in [0.05, 0.1) is 29.6 Å². The highest BCUT2D eigenvalue weighted by molar-refractivity contribution is 5.85. The van der Waals surface area contributed by atoms with Gasteiger partial charge in [0.1, 0.15) is 0 Å². The maximum atomic E-state index is 5.36. The van der Waals surface area contributed by atoms with Crippen LogP contribution in [0.25, 0.3) is 22.2 Å². The Balaban J connectivity index is 2.23. The number of ether oxygens (including phenoxy) is 1. The topological polar surface area (TPSA) is 47.9 Å². The van der Waals surface area contributed by atoms with Crippen LogP contribution in [0.2, 0.25) is 0 Å². The zero-order valence-corrected chi connectivity index (χ0v) is 10.8. The average Bonchev–Trinajstić information content (AvgIpc) is 2.46. The molecule has 0 N–H and O–H groups in total. The summed E-state index contributed by atoms with van der Waals surface area (Å²) in [7, 11) is 1.61. The van der Waals surface area contributed by atoms with Crippen molar-refractivity contribution in [1.29, 1.82) is 0 Å². The van der Waals surface area contributed by atoms with Gasteiger partial charge in [0.2, 0.25) is 5.88 Å². The molecular formula is C15H13N3O. The molecule has 0 aliphatic carbocycles. The molecular weight excluding hydrogens is 238 g/mol. The van der Waals surface area contributed by atoms with Crippen LogP contribution >= 0.6 is 0 Å². The van der Waals surface area contributed by atoms with Gasteiger partial charge in [-0.25, -0.2) is 4.98 Å². The lowest BCUT2D eigenvalue weighted by atomic mass is 10.1. The molecule has 0 atom stereocenters. The van der Waals surface area contributed by atoms with Gasteiger partial charge >= 0.3 is 0 Å². The Morgan fingerprint density at radius 2 is 1.84 bits per heavy atom. The highest BCUT2D eigenvalue weighted by Crippen LogP contribution is 2.29. The van der Waals surface area contributed by atoms with Gasteiger partial charge < -0.3 is 4.74 Å². The molecule has 0 unspecified atom stereocenters. The molecule has 94 valence electrons. The van der Waals surface area contributed by atoms with Gasteiger partial charge in [-0.15, -0.1) is 0 Å². The van der Waals surface area contributed by atoms with Crippen molar-refractivity contribution in [2.75, 3.05) is 7.11 Å². The van der Waals surface area contributed by atoms with Crippen LogP contribution in [0, 0.1) is 6.92 Å². The normalized spacial score (nSPS) is 10.6. The van der Waals surface area contributed by atoms with Crippen molar-refractivity contribution < 1.29 is 4.74 Å². The number of hydrogen-bond donors (Lipinski definition) is 0. The molecule has 0 spiro atoms. The Morgan fingerprint density at radius 1 is 1.00 bits per heavy atom. The molecule has 4 nitrogen and oxygen atoms in total. The highest BCUT2D eigenvalue weighted by atomic mass is 16.5. The Bertz CT molecular complexity index is 723. The van der Waals surface area contributed by atoms with E-state index < -0.39 is 0 Å². The Labute approximate surface area is 111 Å². The van der Waals surface area contributed by atoms with Crippen LogP contribution in [-0.4, -0.2) is 22.3 Å². The standard InChI is InChI=1S/C15H13N3O/c1-10-7-8-14(18-17-10)12-9-11-5-3-4-6-13(11)16-15(12)19-2/h3-9H,1-2H3. The molecule has 0 aliphatic rings. The van der Waals surface area contributed by atoms with Gasteiger partial charge in [0, 0.05) is 5.39 Å².